The quantitative estimate of drug-likeness (QED) is 0.922. The topological polar surface area (TPSA) is 70.0 Å². The second-order valence-electron chi connectivity index (χ2n) is 4.39. The molecule has 2 aromatic carbocycles. The molecule has 4 nitrogen and oxygen atoms in total. The summed E-state index contributed by atoms with van der Waals surface area (Å²) in [6.07, 6.45) is 0.225. The Morgan fingerprint density at radius 3 is 2.38 bits per heavy atom. The van der Waals surface area contributed by atoms with Crippen LogP contribution in [0.15, 0.2) is 53.4 Å². The number of nitrogens with one attached hydrogen (secondary N) is 1. The molecule has 21 heavy (non-hydrogen) atoms. The van der Waals surface area contributed by atoms with Crippen molar-refractivity contribution >= 4 is 10.0 Å². The van der Waals surface area contributed by atoms with Gasteiger partial charge in [0.25, 0.3) is 0 Å². The van der Waals surface area contributed by atoms with E-state index in [0.29, 0.717) is 0 Å². The van der Waals surface area contributed by atoms with E-state index >= 15 is 0 Å². The van der Waals surface area contributed by atoms with E-state index in [4.69, 9.17) is 5.26 Å². The van der Waals surface area contributed by atoms with Gasteiger partial charge in [0.15, 0.2) is 0 Å². The second kappa shape index (κ2) is 6.48. The molecule has 0 aliphatic carbocycles. The van der Waals surface area contributed by atoms with Crippen LogP contribution in [0.4, 0.5) is 4.39 Å². The van der Waals surface area contributed by atoms with E-state index in [1.807, 2.05) is 6.07 Å². The Hall–Kier alpha value is -2.23. The molecule has 0 aliphatic heterocycles. The van der Waals surface area contributed by atoms with E-state index in [1.165, 1.54) is 24.3 Å². The third-order valence-electron chi connectivity index (χ3n) is 2.93. The summed E-state index contributed by atoms with van der Waals surface area (Å²) in [5.74, 6) is -0.454. The van der Waals surface area contributed by atoms with E-state index in [9.17, 15) is 12.8 Å². The highest BCUT2D eigenvalue weighted by Gasteiger charge is 2.14. The van der Waals surface area contributed by atoms with Gasteiger partial charge in [-0.15, -0.1) is 0 Å². The van der Waals surface area contributed by atoms with Gasteiger partial charge >= 0.3 is 0 Å². The van der Waals surface area contributed by atoms with Gasteiger partial charge in [-0.05, 0) is 23.8 Å². The summed E-state index contributed by atoms with van der Waals surface area (Å²) < 4.78 is 40.0. The average molecular weight is 304 g/mol. The molecule has 0 spiro atoms. The average Bonchev–Trinajstić information content (AvgIpc) is 2.47. The van der Waals surface area contributed by atoms with Crippen molar-refractivity contribution in [3.05, 3.63) is 65.5 Å². The molecule has 0 unspecified atom stereocenters. The first-order chi connectivity index (χ1) is 10.0. The van der Waals surface area contributed by atoms with E-state index in [1.54, 1.807) is 24.3 Å². The maximum atomic E-state index is 13.4. The minimum atomic E-state index is -3.71. The fourth-order valence-electron chi connectivity index (χ4n) is 1.78. The highest BCUT2D eigenvalue weighted by molar-refractivity contribution is 7.89. The first kappa shape index (κ1) is 15.2. The zero-order chi connectivity index (χ0) is 15.3. The van der Waals surface area contributed by atoms with Gasteiger partial charge in [-0.1, -0.05) is 30.3 Å². The van der Waals surface area contributed by atoms with Gasteiger partial charge < -0.3 is 0 Å². The smallest absolute Gasteiger partial charge is 0.207 e. The van der Waals surface area contributed by atoms with Crippen LogP contribution in [-0.4, -0.2) is 8.42 Å². The fourth-order valence-corrected chi connectivity index (χ4v) is 2.78. The Kier molecular flexibility index (Phi) is 4.68. The highest BCUT2D eigenvalue weighted by Crippen LogP contribution is 2.12. The molecule has 0 aliphatic rings. The molecule has 0 atom stereocenters. The molecule has 108 valence electrons. The largest absolute Gasteiger partial charge is 0.240 e. The lowest BCUT2D eigenvalue weighted by Gasteiger charge is -2.08. The summed E-state index contributed by atoms with van der Waals surface area (Å²) in [6.45, 7) is -0.116. The van der Waals surface area contributed by atoms with E-state index < -0.39 is 15.8 Å². The Labute approximate surface area is 122 Å². The summed E-state index contributed by atoms with van der Waals surface area (Å²) in [6, 6.07) is 14.0. The van der Waals surface area contributed by atoms with Crippen LogP contribution in [0.3, 0.4) is 0 Å². The van der Waals surface area contributed by atoms with Crippen molar-refractivity contribution in [2.45, 2.75) is 17.9 Å². The summed E-state index contributed by atoms with van der Waals surface area (Å²) >= 11 is 0. The maximum absolute atomic E-state index is 13.4. The van der Waals surface area contributed by atoms with E-state index in [2.05, 4.69) is 4.72 Å². The zero-order valence-corrected chi connectivity index (χ0v) is 11.9. The van der Waals surface area contributed by atoms with Crippen LogP contribution < -0.4 is 4.72 Å². The normalized spacial score (nSPS) is 11.0. The van der Waals surface area contributed by atoms with Gasteiger partial charge in [0.2, 0.25) is 10.0 Å². The van der Waals surface area contributed by atoms with Crippen molar-refractivity contribution in [3.63, 3.8) is 0 Å². The summed E-state index contributed by atoms with van der Waals surface area (Å²) in [5.41, 5.74) is 1.02. The first-order valence-electron chi connectivity index (χ1n) is 6.22. The fraction of sp³-hybridized carbons (Fsp3) is 0.133. The van der Waals surface area contributed by atoms with Crippen LogP contribution in [0.2, 0.25) is 0 Å². The van der Waals surface area contributed by atoms with Gasteiger partial charge in [0.05, 0.1) is 17.4 Å². The molecule has 0 amide bonds. The minimum Gasteiger partial charge on any atom is -0.207 e. The van der Waals surface area contributed by atoms with Crippen LogP contribution in [-0.2, 0) is 23.0 Å². The molecule has 0 radical (unpaired) electrons. The van der Waals surface area contributed by atoms with Crippen LogP contribution in [0.5, 0.6) is 0 Å². The Morgan fingerprint density at radius 2 is 1.76 bits per heavy atom. The van der Waals surface area contributed by atoms with Crippen LogP contribution in [0.25, 0.3) is 0 Å². The maximum Gasteiger partial charge on any atom is 0.240 e. The Balaban J connectivity index is 2.12. The van der Waals surface area contributed by atoms with Crippen molar-refractivity contribution in [3.8, 4) is 6.07 Å². The van der Waals surface area contributed by atoms with Gasteiger partial charge in [-0.3, -0.25) is 0 Å². The molecule has 0 aromatic heterocycles. The van der Waals surface area contributed by atoms with Crippen molar-refractivity contribution < 1.29 is 12.8 Å². The second-order valence-corrected chi connectivity index (χ2v) is 6.16. The number of rotatable bonds is 5. The molecular formula is C15H13FN2O2S. The van der Waals surface area contributed by atoms with Crippen LogP contribution in [0.1, 0.15) is 11.1 Å². The third-order valence-corrected chi connectivity index (χ3v) is 4.34. The lowest BCUT2D eigenvalue weighted by molar-refractivity contribution is 0.574. The van der Waals surface area contributed by atoms with Crippen molar-refractivity contribution in [2.24, 2.45) is 0 Å². The number of sulfonamides is 1. The monoisotopic (exact) mass is 304 g/mol. The van der Waals surface area contributed by atoms with Crippen molar-refractivity contribution in [1.29, 1.82) is 5.26 Å². The van der Waals surface area contributed by atoms with Gasteiger partial charge in [0.1, 0.15) is 5.82 Å². The predicted molar refractivity (Wildman–Crippen MR) is 76.2 cm³/mol. The molecule has 0 saturated carbocycles. The van der Waals surface area contributed by atoms with Gasteiger partial charge in [-0.2, -0.15) is 5.26 Å². The summed E-state index contributed by atoms with van der Waals surface area (Å²) in [5, 5.41) is 8.57. The van der Waals surface area contributed by atoms with Crippen molar-refractivity contribution in [2.75, 3.05) is 0 Å². The zero-order valence-electron chi connectivity index (χ0n) is 11.1. The van der Waals surface area contributed by atoms with Gasteiger partial charge in [-0.25, -0.2) is 17.5 Å². The number of hydrogen-bond acceptors (Lipinski definition) is 3. The number of halogens is 1. The van der Waals surface area contributed by atoms with Gasteiger partial charge in [0, 0.05) is 12.1 Å². The number of nitriles is 1. The molecule has 0 bridgehead atoms. The number of hydrogen-bond donors (Lipinski definition) is 1. The lowest BCUT2D eigenvalue weighted by atomic mass is 10.2. The standard InChI is InChI=1S/C15H13FN2O2S/c16-15-4-2-1-3-13(15)11-18-21(19,20)14-7-5-12(6-8-14)9-10-17/h1-8,18H,9,11H2. The molecule has 2 rings (SSSR count). The van der Waals surface area contributed by atoms with Crippen molar-refractivity contribution in [1.82, 2.24) is 4.72 Å². The molecule has 0 saturated heterocycles. The van der Waals surface area contributed by atoms with Crippen LogP contribution >= 0.6 is 0 Å². The minimum absolute atomic E-state index is 0.0838. The summed E-state index contributed by atoms with van der Waals surface area (Å²) in [4.78, 5) is 0.0838. The molecule has 0 heterocycles. The molecule has 1 N–H and O–H groups in total. The van der Waals surface area contributed by atoms with E-state index in [0.717, 1.165) is 5.56 Å². The Bertz CT molecular complexity index is 765. The van der Waals surface area contributed by atoms with E-state index in [-0.39, 0.29) is 23.4 Å². The number of benzene rings is 2. The SMILES string of the molecule is N#CCc1ccc(S(=O)(=O)NCc2ccccc2F)cc1. The summed E-state index contributed by atoms with van der Waals surface area (Å²) in [7, 11) is -3.71. The Morgan fingerprint density at radius 1 is 1.10 bits per heavy atom. The molecular weight excluding hydrogens is 291 g/mol. The number of nitrogens with zero attached hydrogens (tertiary/aromatic N) is 1. The molecule has 6 heteroatoms. The lowest BCUT2D eigenvalue weighted by Crippen LogP contribution is -2.23. The molecule has 2 aromatic rings. The third kappa shape index (κ3) is 3.88. The predicted octanol–water partition coefficient (Wildman–Crippen LogP) is 2.37. The molecule has 0 fully saturated rings. The van der Waals surface area contributed by atoms with Crippen LogP contribution in [0, 0.1) is 17.1 Å². The first-order valence-corrected chi connectivity index (χ1v) is 7.70. The highest BCUT2D eigenvalue weighted by atomic mass is 32.2.